The average Bonchev–Trinajstić information content (AvgIpc) is 3.03. The fourth-order valence-corrected chi connectivity index (χ4v) is 2.97. The molecule has 0 bridgehead atoms. The van der Waals surface area contributed by atoms with Gasteiger partial charge in [-0.1, -0.05) is 32.0 Å². The number of hydrogen-bond donors (Lipinski definition) is 1. The lowest BCUT2D eigenvalue weighted by atomic mass is 9.98. The molecule has 1 atom stereocenters. The summed E-state index contributed by atoms with van der Waals surface area (Å²) in [4.78, 5) is 0. The molecule has 0 saturated heterocycles. The predicted molar refractivity (Wildman–Crippen MR) is 91.5 cm³/mol. The topological polar surface area (TPSA) is 21.3 Å². The molecule has 0 saturated carbocycles. The molecule has 2 aromatic rings. The van der Waals surface area contributed by atoms with E-state index in [1.807, 2.05) is 6.07 Å². The lowest BCUT2D eigenvalue weighted by molar-refractivity contribution is 0.309. The van der Waals surface area contributed by atoms with Crippen LogP contribution in [0.25, 0.3) is 0 Å². The van der Waals surface area contributed by atoms with Crippen LogP contribution in [-0.2, 0) is 6.42 Å². The van der Waals surface area contributed by atoms with E-state index in [1.54, 1.807) is 11.3 Å². The van der Waals surface area contributed by atoms with E-state index in [2.05, 4.69) is 54.2 Å². The molecule has 0 aliphatic rings. The molecule has 21 heavy (non-hydrogen) atoms. The third kappa shape index (κ3) is 5.18. The van der Waals surface area contributed by atoms with Crippen molar-refractivity contribution in [3.63, 3.8) is 0 Å². The fraction of sp³-hybridized carbons (Fsp3) is 0.444. The molecule has 1 unspecified atom stereocenters. The van der Waals surface area contributed by atoms with Crippen molar-refractivity contribution in [2.75, 3.05) is 19.7 Å². The van der Waals surface area contributed by atoms with Gasteiger partial charge >= 0.3 is 0 Å². The van der Waals surface area contributed by atoms with E-state index in [0.29, 0.717) is 5.92 Å². The van der Waals surface area contributed by atoms with E-state index < -0.39 is 0 Å². The van der Waals surface area contributed by atoms with E-state index >= 15 is 0 Å². The van der Waals surface area contributed by atoms with E-state index in [1.165, 1.54) is 11.1 Å². The minimum absolute atomic E-state index is 0.549. The summed E-state index contributed by atoms with van der Waals surface area (Å²) in [5.74, 6) is 1.58. The Labute approximate surface area is 132 Å². The maximum atomic E-state index is 5.94. The van der Waals surface area contributed by atoms with Gasteiger partial charge in [-0.3, -0.25) is 0 Å². The van der Waals surface area contributed by atoms with Crippen LogP contribution in [0.3, 0.4) is 0 Å². The first-order valence-corrected chi connectivity index (χ1v) is 8.69. The second-order valence-corrected chi connectivity index (χ2v) is 6.11. The highest BCUT2D eigenvalue weighted by atomic mass is 32.1. The number of benzene rings is 1. The first kappa shape index (κ1) is 16.1. The zero-order chi connectivity index (χ0) is 14.9. The Bertz CT molecular complexity index is 510. The van der Waals surface area contributed by atoms with Crippen molar-refractivity contribution in [3.05, 3.63) is 52.2 Å². The van der Waals surface area contributed by atoms with Gasteiger partial charge in [-0.05, 0) is 59.3 Å². The summed E-state index contributed by atoms with van der Waals surface area (Å²) in [5.41, 5.74) is 2.73. The Balaban J connectivity index is 1.69. The minimum atomic E-state index is 0.549. The van der Waals surface area contributed by atoms with E-state index in [0.717, 1.165) is 38.3 Å². The highest BCUT2D eigenvalue weighted by Gasteiger charge is 2.08. The first-order chi connectivity index (χ1) is 10.3. The third-order valence-electron chi connectivity index (χ3n) is 3.77. The first-order valence-electron chi connectivity index (χ1n) is 7.74. The standard InChI is InChI=1S/C18H25NOS/c1-3-15(2)17-6-4-5-7-18(17)20-12-11-19-10-8-16-9-13-21-14-16/h4-7,9,13-15,19H,3,8,10-12H2,1-2H3. The van der Waals surface area contributed by atoms with Crippen LogP contribution in [0.5, 0.6) is 5.75 Å². The molecule has 2 rings (SSSR count). The molecule has 114 valence electrons. The molecule has 1 N–H and O–H groups in total. The van der Waals surface area contributed by atoms with E-state index in [4.69, 9.17) is 4.74 Å². The largest absolute Gasteiger partial charge is 0.492 e. The molecule has 3 heteroatoms. The number of ether oxygens (including phenoxy) is 1. The highest BCUT2D eigenvalue weighted by Crippen LogP contribution is 2.28. The zero-order valence-corrected chi connectivity index (χ0v) is 13.8. The maximum Gasteiger partial charge on any atom is 0.122 e. The molecule has 1 aromatic heterocycles. The van der Waals surface area contributed by atoms with Crippen LogP contribution in [0.2, 0.25) is 0 Å². The van der Waals surface area contributed by atoms with Gasteiger partial charge in [-0.25, -0.2) is 0 Å². The summed E-state index contributed by atoms with van der Waals surface area (Å²) in [6.07, 6.45) is 2.23. The SMILES string of the molecule is CCC(C)c1ccccc1OCCNCCc1ccsc1. The van der Waals surface area contributed by atoms with Gasteiger partial charge in [0, 0.05) is 6.54 Å². The smallest absolute Gasteiger partial charge is 0.122 e. The molecule has 1 aromatic carbocycles. The summed E-state index contributed by atoms with van der Waals surface area (Å²) >= 11 is 1.76. The van der Waals surface area contributed by atoms with Crippen LogP contribution >= 0.6 is 11.3 Å². The lowest BCUT2D eigenvalue weighted by Crippen LogP contribution is -2.23. The zero-order valence-electron chi connectivity index (χ0n) is 13.0. The Kier molecular flexibility index (Phi) is 6.77. The number of para-hydroxylation sites is 1. The number of hydrogen-bond acceptors (Lipinski definition) is 3. The summed E-state index contributed by atoms with van der Waals surface area (Å²) < 4.78 is 5.94. The highest BCUT2D eigenvalue weighted by molar-refractivity contribution is 7.07. The number of thiophene rings is 1. The Hall–Kier alpha value is -1.32. The average molecular weight is 303 g/mol. The van der Waals surface area contributed by atoms with Crippen LogP contribution in [0.1, 0.15) is 37.3 Å². The van der Waals surface area contributed by atoms with Crippen LogP contribution in [0, 0.1) is 0 Å². The van der Waals surface area contributed by atoms with Gasteiger partial charge in [0.15, 0.2) is 0 Å². The van der Waals surface area contributed by atoms with Gasteiger partial charge in [-0.2, -0.15) is 11.3 Å². The monoisotopic (exact) mass is 303 g/mol. The predicted octanol–water partition coefficient (Wildman–Crippen LogP) is 4.47. The fourth-order valence-electron chi connectivity index (χ4n) is 2.26. The van der Waals surface area contributed by atoms with Crippen molar-refractivity contribution in [3.8, 4) is 5.75 Å². The van der Waals surface area contributed by atoms with Crippen LogP contribution < -0.4 is 10.1 Å². The summed E-state index contributed by atoms with van der Waals surface area (Å²) in [6, 6.07) is 10.6. The maximum absolute atomic E-state index is 5.94. The van der Waals surface area contributed by atoms with Gasteiger partial charge in [0.25, 0.3) is 0 Å². The normalized spacial score (nSPS) is 12.3. The van der Waals surface area contributed by atoms with Crippen molar-refractivity contribution in [2.45, 2.75) is 32.6 Å². The number of nitrogens with one attached hydrogen (secondary N) is 1. The summed E-state index contributed by atoms with van der Waals surface area (Å²) in [7, 11) is 0. The molecule has 0 amide bonds. The second-order valence-electron chi connectivity index (χ2n) is 5.33. The van der Waals surface area contributed by atoms with Crippen molar-refractivity contribution in [1.82, 2.24) is 5.32 Å². The molecular weight excluding hydrogens is 278 g/mol. The summed E-state index contributed by atoms with van der Waals surface area (Å²) in [5, 5.41) is 7.77. The summed E-state index contributed by atoms with van der Waals surface area (Å²) in [6.45, 7) is 7.08. The molecule has 0 radical (unpaired) electrons. The van der Waals surface area contributed by atoms with Gasteiger partial charge in [-0.15, -0.1) is 0 Å². The minimum Gasteiger partial charge on any atom is -0.492 e. The molecular formula is C18H25NOS. The Morgan fingerprint density at radius 3 is 2.81 bits per heavy atom. The van der Waals surface area contributed by atoms with Crippen LogP contribution in [-0.4, -0.2) is 19.7 Å². The molecule has 2 nitrogen and oxygen atoms in total. The van der Waals surface area contributed by atoms with E-state index in [9.17, 15) is 0 Å². The molecule has 0 fully saturated rings. The molecule has 0 aliphatic carbocycles. The second kappa shape index (κ2) is 8.85. The third-order valence-corrected chi connectivity index (χ3v) is 4.50. The molecule has 0 spiro atoms. The van der Waals surface area contributed by atoms with Crippen molar-refractivity contribution >= 4 is 11.3 Å². The van der Waals surface area contributed by atoms with E-state index in [-0.39, 0.29) is 0 Å². The number of rotatable bonds is 9. The molecule has 0 aliphatic heterocycles. The van der Waals surface area contributed by atoms with Crippen molar-refractivity contribution in [2.24, 2.45) is 0 Å². The quantitative estimate of drug-likeness (QED) is 0.690. The van der Waals surface area contributed by atoms with Crippen molar-refractivity contribution in [1.29, 1.82) is 0 Å². The molecule has 1 heterocycles. The van der Waals surface area contributed by atoms with Crippen LogP contribution in [0.4, 0.5) is 0 Å². The van der Waals surface area contributed by atoms with Gasteiger partial charge in [0.05, 0.1) is 0 Å². The van der Waals surface area contributed by atoms with Crippen LogP contribution in [0.15, 0.2) is 41.1 Å². The van der Waals surface area contributed by atoms with Gasteiger partial charge < -0.3 is 10.1 Å². The Morgan fingerprint density at radius 1 is 1.19 bits per heavy atom. The van der Waals surface area contributed by atoms with Crippen molar-refractivity contribution < 1.29 is 4.74 Å². The Morgan fingerprint density at radius 2 is 2.05 bits per heavy atom. The van der Waals surface area contributed by atoms with Gasteiger partial charge in [0.1, 0.15) is 12.4 Å². The lowest BCUT2D eigenvalue weighted by Gasteiger charge is -2.15. The van der Waals surface area contributed by atoms with Gasteiger partial charge in [0.2, 0.25) is 0 Å².